The summed E-state index contributed by atoms with van der Waals surface area (Å²) in [6.45, 7) is 7.72. The minimum atomic E-state index is -1.16. The van der Waals surface area contributed by atoms with Gasteiger partial charge in [-0.2, -0.15) is 0 Å². The fourth-order valence-corrected chi connectivity index (χ4v) is 11.7. The zero-order chi connectivity index (χ0) is 25.5. The zero-order valence-corrected chi connectivity index (χ0v) is 22.3. The minimum Gasteiger partial charge on any atom is -0.459 e. The molecule has 0 aromatic carbocycles. The number of carbonyl (C=O) groups excluding carboxylic acids is 1. The van der Waals surface area contributed by atoms with Gasteiger partial charge in [-0.15, -0.1) is 0 Å². The molecule has 1 N–H and O–H groups in total. The van der Waals surface area contributed by atoms with Crippen LogP contribution in [0, 0.1) is 28.6 Å². The van der Waals surface area contributed by atoms with Crippen molar-refractivity contribution in [2.24, 2.45) is 28.6 Å². The van der Waals surface area contributed by atoms with Crippen molar-refractivity contribution in [3.8, 4) is 0 Å². The summed E-state index contributed by atoms with van der Waals surface area (Å²) in [5.74, 6) is -0.771. The van der Waals surface area contributed by atoms with Gasteiger partial charge in [0.1, 0.15) is 18.5 Å². The maximum absolute atomic E-state index is 13.4. The molecule has 7 fully saturated rings. The third-order valence-corrected chi connectivity index (χ3v) is 12.2. The smallest absolute Gasteiger partial charge is 0.303 e. The molecule has 202 valence electrons. The van der Waals surface area contributed by atoms with Crippen LogP contribution in [0.25, 0.3) is 0 Å². The lowest BCUT2D eigenvalue weighted by atomic mass is 9.41. The largest absolute Gasteiger partial charge is 0.459 e. The second-order valence-electron chi connectivity index (χ2n) is 12.9. The molecular formula is C27H41NO8. The maximum Gasteiger partial charge on any atom is 0.303 e. The Morgan fingerprint density at radius 3 is 2.53 bits per heavy atom. The number of hydrogen-bond acceptors (Lipinski definition) is 9. The molecule has 0 aromatic heterocycles. The van der Waals surface area contributed by atoms with Crippen molar-refractivity contribution in [2.75, 3.05) is 41.2 Å². The molecule has 5 saturated carbocycles. The first-order valence-corrected chi connectivity index (χ1v) is 13.7. The van der Waals surface area contributed by atoms with E-state index in [2.05, 4.69) is 18.7 Å². The van der Waals surface area contributed by atoms with Crippen LogP contribution in [-0.4, -0.2) is 104 Å². The average Bonchev–Trinajstić information content (AvgIpc) is 3.40. The van der Waals surface area contributed by atoms with E-state index in [0.717, 1.165) is 25.9 Å². The van der Waals surface area contributed by atoms with Crippen molar-refractivity contribution in [3.63, 3.8) is 0 Å². The molecular weight excluding hydrogens is 466 g/mol. The van der Waals surface area contributed by atoms with Crippen LogP contribution in [0.5, 0.6) is 0 Å². The molecule has 9 nitrogen and oxygen atoms in total. The van der Waals surface area contributed by atoms with Crippen LogP contribution >= 0.6 is 0 Å². The molecule has 7 aliphatic rings. The number of esters is 1. The Hall–Kier alpha value is -0.810. The first kappa shape index (κ1) is 24.2. The van der Waals surface area contributed by atoms with E-state index in [1.165, 1.54) is 6.92 Å². The number of methoxy groups -OCH3 is 3. The van der Waals surface area contributed by atoms with Crippen LogP contribution in [0.2, 0.25) is 0 Å². The summed E-state index contributed by atoms with van der Waals surface area (Å²) in [7, 11) is 5.23. The van der Waals surface area contributed by atoms with Crippen molar-refractivity contribution < 1.29 is 38.3 Å². The molecule has 0 aromatic rings. The van der Waals surface area contributed by atoms with E-state index >= 15 is 0 Å². The fourth-order valence-electron chi connectivity index (χ4n) is 11.7. The Morgan fingerprint density at radius 2 is 1.89 bits per heavy atom. The summed E-state index contributed by atoms with van der Waals surface area (Å²) >= 11 is 0. The quantitative estimate of drug-likeness (QED) is 0.553. The third kappa shape index (κ3) is 2.16. The lowest BCUT2D eigenvalue weighted by Gasteiger charge is -2.71. The minimum absolute atomic E-state index is 0.0317. The topological polar surface area (TPSA) is 95.9 Å². The standard InChI is InChI=1S/C27H41NO8/c1-7-28-12-23(3)9-8-17(32-5)26-20(23)21(36-14(2)29)27(22(26)28)25(34-13-35-27)11-16(31-4)15-10-24(26,30)19(25)18(15)33-6/h15-22,30H,7-13H2,1-6H3/t15-,16-,17+,18-,19-,20-,21+,22-,23+,24-,25-,26+,27-/m1/s1. The molecule has 7 rings (SSSR count). The van der Waals surface area contributed by atoms with Gasteiger partial charge < -0.3 is 33.5 Å². The van der Waals surface area contributed by atoms with Crippen molar-refractivity contribution >= 4 is 5.97 Å². The highest BCUT2D eigenvalue weighted by atomic mass is 16.7. The van der Waals surface area contributed by atoms with Crippen LogP contribution in [0.3, 0.4) is 0 Å². The van der Waals surface area contributed by atoms with Crippen LogP contribution in [0.1, 0.15) is 46.5 Å². The SMILES string of the molecule is CCN1C[C@]2(C)CC[C@H](OC)[C@@]34[C@@H]2[C@H](OC(C)=O)[C@@]2(OCO[C@@]25C[C@@H](OC)[C@H]2C[C@@]3(O)[C@H]5[C@@H]2OC)[C@H]14. The zero-order valence-electron chi connectivity index (χ0n) is 22.3. The molecule has 2 heterocycles. The first-order valence-electron chi connectivity index (χ1n) is 13.7. The van der Waals surface area contributed by atoms with Crippen molar-refractivity contribution in [3.05, 3.63) is 0 Å². The first-order chi connectivity index (χ1) is 17.2. The van der Waals surface area contributed by atoms with E-state index < -0.39 is 28.3 Å². The predicted octanol–water partition coefficient (Wildman–Crippen LogP) is 1.35. The van der Waals surface area contributed by atoms with Gasteiger partial charge in [-0.3, -0.25) is 9.69 Å². The number of likely N-dealkylation sites (tertiary alicyclic amines) is 1. The van der Waals surface area contributed by atoms with Gasteiger partial charge in [0.2, 0.25) is 0 Å². The highest BCUT2D eigenvalue weighted by molar-refractivity contribution is 5.67. The molecule has 0 radical (unpaired) electrons. The van der Waals surface area contributed by atoms with Gasteiger partial charge in [0.15, 0.2) is 5.60 Å². The van der Waals surface area contributed by atoms with Gasteiger partial charge in [0.05, 0.1) is 35.4 Å². The third-order valence-electron chi connectivity index (χ3n) is 12.2. The van der Waals surface area contributed by atoms with E-state index in [1.807, 2.05) is 0 Å². The molecule has 3 spiro atoms. The predicted molar refractivity (Wildman–Crippen MR) is 126 cm³/mol. The number of likely N-dealkylation sites (N-methyl/N-ethyl adjacent to an activating group) is 1. The fraction of sp³-hybridized carbons (Fsp3) is 0.963. The van der Waals surface area contributed by atoms with Crippen molar-refractivity contribution in [1.29, 1.82) is 0 Å². The summed E-state index contributed by atoms with van der Waals surface area (Å²) in [5.41, 5.74) is -3.94. The molecule has 9 heteroatoms. The summed E-state index contributed by atoms with van der Waals surface area (Å²) in [6.07, 6.45) is 1.69. The van der Waals surface area contributed by atoms with Gasteiger partial charge >= 0.3 is 5.97 Å². The summed E-state index contributed by atoms with van der Waals surface area (Å²) in [6, 6.07) is -0.224. The molecule has 0 amide bonds. The summed E-state index contributed by atoms with van der Waals surface area (Å²) in [5, 5.41) is 13.4. The van der Waals surface area contributed by atoms with Gasteiger partial charge in [0, 0.05) is 59.0 Å². The number of aliphatic hydroxyl groups is 1. The maximum atomic E-state index is 13.4. The van der Waals surface area contributed by atoms with Crippen LogP contribution in [-0.2, 0) is 33.2 Å². The molecule has 2 aliphatic heterocycles. The Morgan fingerprint density at radius 1 is 1.11 bits per heavy atom. The molecule has 5 aliphatic carbocycles. The molecule has 36 heavy (non-hydrogen) atoms. The molecule has 13 atom stereocenters. The van der Waals surface area contributed by atoms with E-state index in [9.17, 15) is 9.90 Å². The molecule has 7 bridgehead atoms. The number of piperidine rings is 1. The van der Waals surface area contributed by atoms with Gasteiger partial charge in [-0.1, -0.05) is 13.8 Å². The highest BCUT2D eigenvalue weighted by Crippen LogP contribution is 2.83. The van der Waals surface area contributed by atoms with Crippen LogP contribution < -0.4 is 0 Å². The molecule has 0 unspecified atom stereocenters. The number of rotatable bonds is 5. The van der Waals surface area contributed by atoms with E-state index in [4.69, 9.17) is 28.4 Å². The number of carbonyl (C=O) groups is 1. The van der Waals surface area contributed by atoms with Crippen molar-refractivity contribution in [1.82, 2.24) is 4.90 Å². The second-order valence-corrected chi connectivity index (χ2v) is 12.9. The lowest BCUT2D eigenvalue weighted by molar-refractivity contribution is -0.332. The van der Waals surface area contributed by atoms with Gasteiger partial charge in [-0.25, -0.2) is 0 Å². The van der Waals surface area contributed by atoms with E-state index in [-0.39, 0.29) is 60.3 Å². The van der Waals surface area contributed by atoms with Crippen molar-refractivity contribution in [2.45, 2.75) is 93.7 Å². The van der Waals surface area contributed by atoms with Crippen LogP contribution in [0.15, 0.2) is 0 Å². The lowest BCUT2D eigenvalue weighted by Crippen LogP contribution is -2.85. The van der Waals surface area contributed by atoms with E-state index in [1.54, 1.807) is 21.3 Å². The summed E-state index contributed by atoms with van der Waals surface area (Å²) in [4.78, 5) is 15.3. The molecule has 2 saturated heterocycles. The van der Waals surface area contributed by atoms with Gasteiger partial charge in [-0.05, 0) is 31.2 Å². The number of fused-ring (bicyclic) bond motifs is 1. The Balaban J connectivity index is 1.61. The normalized spacial score (nSPS) is 60.2. The highest BCUT2D eigenvalue weighted by Gasteiger charge is 2.97. The second kappa shape index (κ2) is 7.23. The van der Waals surface area contributed by atoms with E-state index in [0.29, 0.717) is 12.8 Å². The number of nitrogens with zero attached hydrogens (tertiary/aromatic N) is 1. The average molecular weight is 508 g/mol. The van der Waals surface area contributed by atoms with Crippen LogP contribution in [0.4, 0.5) is 0 Å². The van der Waals surface area contributed by atoms with Gasteiger partial charge in [0.25, 0.3) is 0 Å². The summed E-state index contributed by atoms with van der Waals surface area (Å²) < 4.78 is 38.7. The Kier molecular flexibility index (Phi) is 4.87. The Bertz CT molecular complexity index is 979. The number of ether oxygens (including phenoxy) is 6. The Labute approximate surface area is 213 Å². The monoisotopic (exact) mass is 507 g/mol. The number of hydrogen-bond donors (Lipinski definition) is 1.